The summed E-state index contributed by atoms with van der Waals surface area (Å²) in [6.45, 7) is 1.75. The molecule has 0 radical (unpaired) electrons. The number of carbonyl (C=O) groups excluding carboxylic acids is 2. The van der Waals surface area contributed by atoms with Gasteiger partial charge in [0.05, 0.1) is 0 Å². The Bertz CT molecular complexity index is 601. The van der Waals surface area contributed by atoms with Gasteiger partial charge in [0.2, 0.25) is 11.7 Å². The molecule has 0 aliphatic heterocycles. The molecule has 0 atom stereocenters. The molecule has 1 heterocycles. The van der Waals surface area contributed by atoms with Gasteiger partial charge in [0.1, 0.15) is 11.3 Å². The number of rotatable bonds is 3. The van der Waals surface area contributed by atoms with Crippen LogP contribution < -0.4 is 10.6 Å². The minimum absolute atomic E-state index is 0.125. The Hall–Kier alpha value is -2.30. The van der Waals surface area contributed by atoms with Gasteiger partial charge in [0.25, 0.3) is 5.91 Å². The first-order chi connectivity index (χ1) is 8.67. The maximum Gasteiger partial charge on any atom is 0.288 e. The minimum Gasteiger partial charge on any atom is -0.449 e. The quantitative estimate of drug-likeness (QED) is 0.871. The number of nitrogens with one attached hydrogen (secondary N) is 2. The molecule has 0 saturated heterocycles. The topological polar surface area (TPSA) is 71.3 Å². The van der Waals surface area contributed by atoms with Crippen molar-refractivity contribution in [1.29, 1.82) is 0 Å². The molecule has 1 aromatic heterocycles. The zero-order valence-electron chi connectivity index (χ0n) is 10.2. The molecule has 0 spiro atoms. The lowest BCUT2D eigenvalue weighted by Crippen LogP contribution is -2.20. The fraction of sp³-hybridized carbons (Fsp3) is 0.231. The van der Waals surface area contributed by atoms with Gasteiger partial charge >= 0.3 is 0 Å². The standard InChI is InChI=1S/C13H14N2O3/c1-3-10(16)15-11-8-6-4-5-7-9(8)18-12(11)13(17)14-2/h4-7H,3H2,1-2H3,(H,14,17)(H,15,16). The van der Waals surface area contributed by atoms with Crippen molar-refractivity contribution in [2.24, 2.45) is 0 Å². The Morgan fingerprint density at radius 3 is 2.67 bits per heavy atom. The van der Waals surface area contributed by atoms with Crippen LogP contribution in [0.25, 0.3) is 11.0 Å². The molecular formula is C13H14N2O3. The van der Waals surface area contributed by atoms with E-state index in [4.69, 9.17) is 4.42 Å². The molecule has 5 heteroatoms. The Labute approximate surface area is 104 Å². The van der Waals surface area contributed by atoms with E-state index in [-0.39, 0.29) is 17.6 Å². The molecule has 2 amide bonds. The molecule has 2 rings (SSSR count). The molecule has 2 N–H and O–H groups in total. The number of hydrogen-bond donors (Lipinski definition) is 2. The van der Waals surface area contributed by atoms with E-state index >= 15 is 0 Å². The molecule has 2 aromatic rings. The Balaban J connectivity index is 2.57. The van der Waals surface area contributed by atoms with Gasteiger partial charge in [0.15, 0.2) is 0 Å². The number of carbonyl (C=O) groups is 2. The highest BCUT2D eigenvalue weighted by molar-refractivity contribution is 6.10. The monoisotopic (exact) mass is 246 g/mol. The van der Waals surface area contributed by atoms with Crippen molar-refractivity contribution in [3.63, 3.8) is 0 Å². The summed E-state index contributed by atoms with van der Waals surface area (Å²) in [6, 6.07) is 7.19. The van der Waals surface area contributed by atoms with E-state index in [1.165, 1.54) is 7.05 Å². The highest BCUT2D eigenvalue weighted by Gasteiger charge is 2.20. The van der Waals surface area contributed by atoms with Crippen LogP contribution in [0.2, 0.25) is 0 Å². The maximum atomic E-state index is 11.7. The molecular weight excluding hydrogens is 232 g/mol. The first-order valence-electron chi connectivity index (χ1n) is 5.70. The van der Waals surface area contributed by atoms with Crippen LogP contribution in [0, 0.1) is 0 Å². The third-order valence-corrected chi connectivity index (χ3v) is 2.61. The van der Waals surface area contributed by atoms with Crippen molar-refractivity contribution < 1.29 is 14.0 Å². The number of fused-ring (bicyclic) bond motifs is 1. The number of para-hydroxylation sites is 1. The largest absolute Gasteiger partial charge is 0.449 e. The van der Waals surface area contributed by atoms with Crippen LogP contribution in [0.1, 0.15) is 23.9 Å². The summed E-state index contributed by atoms with van der Waals surface area (Å²) in [7, 11) is 1.51. The van der Waals surface area contributed by atoms with Crippen LogP contribution in [0.15, 0.2) is 28.7 Å². The van der Waals surface area contributed by atoms with Gasteiger partial charge in [-0.3, -0.25) is 9.59 Å². The normalized spacial score (nSPS) is 10.3. The van der Waals surface area contributed by atoms with Crippen molar-refractivity contribution in [2.45, 2.75) is 13.3 Å². The van der Waals surface area contributed by atoms with Crippen LogP contribution in [-0.2, 0) is 4.79 Å². The summed E-state index contributed by atoms with van der Waals surface area (Å²) in [5, 5.41) is 5.92. The van der Waals surface area contributed by atoms with E-state index in [2.05, 4.69) is 10.6 Å². The molecule has 0 bridgehead atoms. The summed E-state index contributed by atoms with van der Waals surface area (Å²) in [4.78, 5) is 23.2. The van der Waals surface area contributed by atoms with Gasteiger partial charge in [-0.25, -0.2) is 0 Å². The lowest BCUT2D eigenvalue weighted by atomic mass is 10.2. The number of hydrogen-bond acceptors (Lipinski definition) is 3. The zero-order chi connectivity index (χ0) is 13.1. The average molecular weight is 246 g/mol. The number of benzene rings is 1. The Morgan fingerprint density at radius 2 is 2.00 bits per heavy atom. The van der Waals surface area contributed by atoms with Crippen LogP contribution in [0.4, 0.5) is 5.69 Å². The highest BCUT2D eigenvalue weighted by atomic mass is 16.3. The molecule has 0 aliphatic rings. The molecule has 0 saturated carbocycles. The predicted molar refractivity (Wildman–Crippen MR) is 68.5 cm³/mol. The Kier molecular flexibility index (Phi) is 3.32. The number of amides is 2. The summed E-state index contributed by atoms with van der Waals surface area (Å²) in [6.07, 6.45) is 0.340. The summed E-state index contributed by atoms with van der Waals surface area (Å²) in [5.74, 6) is -0.398. The van der Waals surface area contributed by atoms with Crippen LogP contribution in [0.3, 0.4) is 0 Å². The summed E-state index contributed by atoms with van der Waals surface area (Å²) in [5.41, 5.74) is 0.999. The first kappa shape index (κ1) is 12.2. The zero-order valence-corrected chi connectivity index (χ0v) is 10.2. The van der Waals surface area contributed by atoms with E-state index in [0.717, 1.165) is 5.39 Å². The highest BCUT2D eigenvalue weighted by Crippen LogP contribution is 2.30. The van der Waals surface area contributed by atoms with Gasteiger partial charge in [-0.15, -0.1) is 0 Å². The van der Waals surface area contributed by atoms with Gasteiger partial charge in [-0.05, 0) is 12.1 Å². The Morgan fingerprint density at radius 1 is 1.28 bits per heavy atom. The molecule has 5 nitrogen and oxygen atoms in total. The second kappa shape index (κ2) is 4.91. The third kappa shape index (κ3) is 2.07. The van der Waals surface area contributed by atoms with E-state index in [1.54, 1.807) is 19.1 Å². The van der Waals surface area contributed by atoms with Gasteiger partial charge in [0, 0.05) is 18.9 Å². The fourth-order valence-corrected chi connectivity index (χ4v) is 1.67. The van der Waals surface area contributed by atoms with Crippen molar-refractivity contribution in [3.8, 4) is 0 Å². The van der Waals surface area contributed by atoms with E-state index in [1.807, 2.05) is 12.1 Å². The van der Waals surface area contributed by atoms with Crippen molar-refractivity contribution >= 4 is 28.5 Å². The number of anilines is 1. The lowest BCUT2D eigenvalue weighted by Gasteiger charge is -2.03. The SMILES string of the molecule is CCC(=O)Nc1c(C(=O)NC)oc2ccccc12. The molecule has 94 valence electrons. The van der Waals surface area contributed by atoms with Gasteiger partial charge in [-0.1, -0.05) is 19.1 Å². The third-order valence-electron chi connectivity index (χ3n) is 2.61. The molecule has 1 aromatic carbocycles. The summed E-state index contributed by atoms with van der Waals surface area (Å²) < 4.78 is 5.47. The van der Waals surface area contributed by atoms with Crippen molar-refractivity contribution in [2.75, 3.05) is 12.4 Å². The molecule has 0 fully saturated rings. The summed E-state index contributed by atoms with van der Waals surface area (Å²) >= 11 is 0. The van der Waals surface area contributed by atoms with Gasteiger partial charge in [-0.2, -0.15) is 0 Å². The smallest absolute Gasteiger partial charge is 0.288 e. The molecule has 0 unspecified atom stereocenters. The first-order valence-corrected chi connectivity index (χ1v) is 5.70. The van der Waals surface area contributed by atoms with Crippen molar-refractivity contribution in [3.05, 3.63) is 30.0 Å². The second-order valence-electron chi connectivity index (χ2n) is 3.78. The fourth-order valence-electron chi connectivity index (χ4n) is 1.67. The second-order valence-corrected chi connectivity index (χ2v) is 3.78. The van der Waals surface area contributed by atoms with E-state index in [9.17, 15) is 9.59 Å². The number of furan rings is 1. The maximum absolute atomic E-state index is 11.7. The van der Waals surface area contributed by atoms with Crippen LogP contribution >= 0.6 is 0 Å². The lowest BCUT2D eigenvalue weighted by molar-refractivity contribution is -0.115. The molecule has 0 aliphatic carbocycles. The average Bonchev–Trinajstić information content (AvgIpc) is 2.77. The predicted octanol–water partition coefficient (Wildman–Crippen LogP) is 2.14. The minimum atomic E-state index is -0.363. The van der Waals surface area contributed by atoms with E-state index in [0.29, 0.717) is 17.7 Å². The van der Waals surface area contributed by atoms with E-state index < -0.39 is 0 Å². The van der Waals surface area contributed by atoms with Crippen LogP contribution in [-0.4, -0.2) is 18.9 Å². The van der Waals surface area contributed by atoms with Crippen LogP contribution in [0.5, 0.6) is 0 Å². The molecule has 18 heavy (non-hydrogen) atoms. The van der Waals surface area contributed by atoms with Crippen molar-refractivity contribution in [1.82, 2.24) is 5.32 Å². The van der Waals surface area contributed by atoms with Gasteiger partial charge < -0.3 is 15.1 Å².